The zero-order chi connectivity index (χ0) is 21.8. The summed E-state index contributed by atoms with van der Waals surface area (Å²) in [5.74, 6) is 1.65. The van der Waals surface area contributed by atoms with E-state index >= 15 is 0 Å². The summed E-state index contributed by atoms with van der Waals surface area (Å²) in [5.41, 5.74) is 5.29. The molecule has 1 saturated heterocycles. The number of hydrogen-bond donors (Lipinski definition) is 2. The first-order chi connectivity index (χ1) is 15.6. The van der Waals surface area contributed by atoms with Gasteiger partial charge in [-0.05, 0) is 31.9 Å². The number of rotatable bonds is 3. The van der Waals surface area contributed by atoms with Crippen molar-refractivity contribution in [2.24, 2.45) is 7.05 Å². The maximum absolute atomic E-state index is 12.6. The number of piperidine rings is 1. The lowest BCUT2D eigenvalue weighted by molar-refractivity contribution is 0.395. The summed E-state index contributed by atoms with van der Waals surface area (Å²) < 4.78 is 3.89. The van der Waals surface area contributed by atoms with Crippen LogP contribution < -0.4 is 10.6 Å². The molecule has 0 amide bonds. The highest BCUT2D eigenvalue weighted by Gasteiger charge is 2.27. The molecular weight excluding hydrogens is 406 g/mol. The number of benzene rings is 1. The van der Waals surface area contributed by atoms with Crippen molar-refractivity contribution in [3.05, 3.63) is 53.0 Å². The maximum atomic E-state index is 12.6. The molecule has 6 rings (SSSR count). The minimum atomic E-state index is -0.0427. The first kappa shape index (κ1) is 18.8. The number of fused-ring (bicyclic) bond motifs is 2. The van der Waals surface area contributed by atoms with Crippen LogP contribution in [0.1, 0.15) is 24.6 Å². The monoisotopic (exact) mass is 429 g/mol. The fourth-order valence-electron chi connectivity index (χ4n) is 4.81. The normalized spacial score (nSPS) is 15.2. The van der Waals surface area contributed by atoms with Gasteiger partial charge in [0.1, 0.15) is 12.2 Å². The lowest BCUT2D eigenvalue weighted by atomic mass is 10.0. The smallest absolute Gasteiger partial charge is 0.326 e. The number of anilines is 1. The summed E-state index contributed by atoms with van der Waals surface area (Å²) in [6.45, 7) is 3.56. The molecule has 0 unspecified atom stereocenters. The maximum Gasteiger partial charge on any atom is 0.326 e. The Morgan fingerprint density at radius 1 is 1.12 bits per heavy atom. The zero-order valence-corrected chi connectivity index (χ0v) is 17.9. The molecule has 0 saturated carbocycles. The summed E-state index contributed by atoms with van der Waals surface area (Å²) in [6.07, 6.45) is 5.09. The molecule has 0 aliphatic carbocycles. The molecule has 5 aromatic rings. The molecule has 0 radical (unpaired) electrons. The third-order valence-corrected chi connectivity index (χ3v) is 6.46. The van der Waals surface area contributed by atoms with Gasteiger partial charge in [-0.1, -0.05) is 12.1 Å². The second-order valence-electron chi connectivity index (χ2n) is 8.31. The van der Waals surface area contributed by atoms with Crippen LogP contribution in [0.25, 0.3) is 33.6 Å². The van der Waals surface area contributed by atoms with Crippen LogP contribution in [0, 0.1) is 6.92 Å². The van der Waals surface area contributed by atoms with Crippen molar-refractivity contribution >= 4 is 28.0 Å². The second-order valence-corrected chi connectivity index (χ2v) is 8.31. The van der Waals surface area contributed by atoms with Crippen molar-refractivity contribution in [3.8, 4) is 11.4 Å². The van der Waals surface area contributed by atoms with Crippen LogP contribution in [0.4, 0.5) is 5.82 Å². The Kier molecular flexibility index (Phi) is 4.14. The van der Waals surface area contributed by atoms with E-state index in [-0.39, 0.29) is 11.7 Å². The number of nitrogens with zero attached hydrogens (tertiary/aromatic N) is 7. The van der Waals surface area contributed by atoms with Crippen LogP contribution in [-0.4, -0.2) is 52.4 Å². The molecule has 2 N–H and O–H groups in total. The van der Waals surface area contributed by atoms with Crippen LogP contribution in [0.5, 0.6) is 0 Å². The largest absolute Gasteiger partial charge is 0.355 e. The topological polar surface area (TPSA) is 113 Å². The first-order valence-corrected chi connectivity index (χ1v) is 10.7. The quantitative estimate of drug-likeness (QED) is 0.456. The van der Waals surface area contributed by atoms with E-state index in [9.17, 15) is 4.79 Å². The first-order valence-electron chi connectivity index (χ1n) is 10.7. The molecular formula is C22H23N9O. The van der Waals surface area contributed by atoms with Crippen molar-refractivity contribution in [1.29, 1.82) is 0 Å². The number of H-pyrrole nitrogens is 2. The Hall–Kier alpha value is -3.95. The molecule has 0 atom stereocenters. The van der Waals surface area contributed by atoms with E-state index in [1.54, 1.807) is 12.5 Å². The summed E-state index contributed by atoms with van der Waals surface area (Å²) in [7, 11) is 1.96. The van der Waals surface area contributed by atoms with Crippen LogP contribution in [0.3, 0.4) is 0 Å². The number of nitrogens with one attached hydrogen (secondary N) is 2. The van der Waals surface area contributed by atoms with Crippen LogP contribution in [-0.2, 0) is 7.05 Å². The van der Waals surface area contributed by atoms with E-state index in [1.165, 1.54) is 0 Å². The molecule has 162 valence electrons. The van der Waals surface area contributed by atoms with Gasteiger partial charge in [-0.2, -0.15) is 5.10 Å². The average Bonchev–Trinajstić information content (AvgIpc) is 3.48. The molecule has 0 bridgehead atoms. The second kappa shape index (κ2) is 7.04. The third-order valence-electron chi connectivity index (χ3n) is 6.46. The van der Waals surface area contributed by atoms with Gasteiger partial charge in [-0.3, -0.25) is 9.67 Å². The van der Waals surface area contributed by atoms with Gasteiger partial charge in [0, 0.05) is 31.9 Å². The highest BCUT2D eigenvalue weighted by Crippen LogP contribution is 2.32. The van der Waals surface area contributed by atoms with Gasteiger partial charge in [0.2, 0.25) is 0 Å². The number of para-hydroxylation sites is 2. The van der Waals surface area contributed by atoms with Crippen molar-refractivity contribution in [2.45, 2.75) is 25.8 Å². The number of imidazole rings is 2. The summed E-state index contributed by atoms with van der Waals surface area (Å²) in [5, 5.41) is 7.10. The minimum absolute atomic E-state index is 0.0427. The van der Waals surface area contributed by atoms with Gasteiger partial charge in [-0.15, -0.1) is 0 Å². The SMILES string of the molecule is Cc1[nH]ncc1-c1nc2c(N3CCC(n4c(=O)[nH]c5ccccc54)CC3)ncnc2n1C. The molecule has 1 aromatic carbocycles. The molecule has 5 heterocycles. The summed E-state index contributed by atoms with van der Waals surface area (Å²) in [4.78, 5) is 31.8. The zero-order valence-electron chi connectivity index (χ0n) is 17.9. The standard InChI is InChI=1S/C22H23N9O/c1-13-15(11-25-28-13)19-27-18-20(29(19)2)23-12-24-21(18)30-9-7-14(8-10-30)31-17-6-4-3-5-16(17)26-22(31)32/h3-6,11-12,14H,7-10H2,1-2H3,(H,25,28)(H,26,32). The summed E-state index contributed by atoms with van der Waals surface area (Å²) >= 11 is 0. The van der Waals surface area contributed by atoms with Gasteiger partial charge in [0.15, 0.2) is 17.0 Å². The van der Waals surface area contributed by atoms with E-state index < -0.39 is 0 Å². The number of aromatic amines is 2. The lowest BCUT2D eigenvalue weighted by Crippen LogP contribution is -2.37. The predicted octanol–water partition coefficient (Wildman–Crippen LogP) is 2.55. The van der Waals surface area contributed by atoms with E-state index in [1.807, 2.05) is 47.4 Å². The van der Waals surface area contributed by atoms with Crippen LogP contribution in [0.2, 0.25) is 0 Å². The van der Waals surface area contributed by atoms with E-state index in [0.29, 0.717) is 0 Å². The number of hydrogen-bond acceptors (Lipinski definition) is 6. The van der Waals surface area contributed by atoms with Gasteiger partial charge in [0.05, 0.1) is 22.8 Å². The summed E-state index contributed by atoms with van der Waals surface area (Å²) in [6, 6.07) is 8.01. The molecule has 1 fully saturated rings. The van der Waals surface area contributed by atoms with Gasteiger partial charge < -0.3 is 14.5 Å². The van der Waals surface area contributed by atoms with E-state index in [2.05, 4.69) is 30.0 Å². The van der Waals surface area contributed by atoms with Crippen molar-refractivity contribution in [2.75, 3.05) is 18.0 Å². The van der Waals surface area contributed by atoms with Crippen molar-refractivity contribution < 1.29 is 0 Å². The van der Waals surface area contributed by atoms with Crippen molar-refractivity contribution in [3.63, 3.8) is 0 Å². The fourth-order valence-corrected chi connectivity index (χ4v) is 4.81. The van der Waals surface area contributed by atoms with Gasteiger partial charge in [-0.25, -0.2) is 19.7 Å². The number of aromatic nitrogens is 8. The van der Waals surface area contributed by atoms with Gasteiger partial charge in [0.25, 0.3) is 0 Å². The molecule has 0 spiro atoms. The highest BCUT2D eigenvalue weighted by molar-refractivity contribution is 5.87. The van der Waals surface area contributed by atoms with Gasteiger partial charge >= 0.3 is 5.69 Å². The van der Waals surface area contributed by atoms with Crippen molar-refractivity contribution in [1.82, 2.24) is 39.3 Å². The third kappa shape index (κ3) is 2.75. The molecule has 10 heteroatoms. The Bertz CT molecular complexity index is 1500. The Morgan fingerprint density at radius 2 is 1.94 bits per heavy atom. The Labute approximate surface area is 182 Å². The molecule has 1 aliphatic heterocycles. The Morgan fingerprint density at radius 3 is 2.72 bits per heavy atom. The van der Waals surface area contributed by atoms with E-state index in [0.717, 1.165) is 71.0 Å². The Balaban J connectivity index is 1.32. The highest BCUT2D eigenvalue weighted by atomic mass is 16.1. The molecule has 10 nitrogen and oxygen atoms in total. The predicted molar refractivity (Wildman–Crippen MR) is 122 cm³/mol. The average molecular weight is 429 g/mol. The lowest BCUT2D eigenvalue weighted by Gasteiger charge is -2.33. The van der Waals surface area contributed by atoms with E-state index in [4.69, 9.17) is 4.98 Å². The minimum Gasteiger partial charge on any atom is -0.355 e. The van der Waals surface area contributed by atoms with Crippen LogP contribution >= 0.6 is 0 Å². The fraction of sp³-hybridized carbons (Fsp3) is 0.318. The molecule has 1 aliphatic rings. The number of aryl methyl sites for hydroxylation is 2. The molecule has 4 aromatic heterocycles. The van der Waals surface area contributed by atoms with Crippen LogP contribution in [0.15, 0.2) is 41.6 Å². The molecule has 32 heavy (non-hydrogen) atoms.